The Kier molecular flexibility index (Phi) is 5.43. The van der Waals surface area contributed by atoms with Gasteiger partial charge in [-0.2, -0.15) is 0 Å². The molecule has 0 aliphatic heterocycles. The maximum atomic E-state index is 13.2. The van der Waals surface area contributed by atoms with E-state index in [1.807, 2.05) is 0 Å². The van der Waals surface area contributed by atoms with Gasteiger partial charge in [0.05, 0.1) is 10.6 Å². The first-order valence-corrected chi connectivity index (χ1v) is 9.65. The first-order valence-electron chi connectivity index (χ1n) is 7.79. The van der Waals surface area contributed by atoms with Crippen LogP contribution < -0.4 is 10.0 Å². The summed E-state index contributed by atoms with van der Waals surface area (Å²) in [6.45, 7) is 0. The molecule has 1 amide bonds. The van der Waals surface area contributed by atoms with Crippen LogP contribution in [-0.2, 0) is 10.0 Å². The van der Waals surface area contributed by atoms with Crippen LogP contribution in [0.3, 0.4) is 0 Å². The molecule has 138 valence electrons. The van der Waals surface area contributed by atoms with Crippen molar-refractivity contribution >= 4 is 38.9 Å². The van der Waals surface area contributed by atoms with E-state index in [2.05, 4.69) is 10.0 Å². The highest BCUT2D eigenvalue weighted by Crippen LogP contribution is 2.21. The highest BCUT2D eigenvalue weighted by atomic mass is 35.5. The van der Waals surface area contributed by atoms with Crippen molar-refractivity contribution in [3.05, 3.63) is 89.2 Å². The molecule has 3 rings (SSSR count). The number of sulfonamides is 1. The van der Waals surface area contributed by atoms with E-state index in [1.165, 1.54) is 48.5 Å². The molecule has 0 spiro atoms. The number of carbonyl (C=O) groups excluding carboxylic acids is 1. The summed E-state index contributed by atoms with van der Waals surface area (Å²) in [5.74, 6) is -1.02. The minimum atomic E-state index is -3.80. The summed E-state index contributed by atoms with van der Waals surface area (Å²) < 4.78 is 40.5. The molecule has 0 aliphatic carbocycles. The number of amides is 1. The van der Waals surface area contributed by atoms with Crippen LogP contribution in [0.1, 0.15) is 10.4 Å². The fourth-order valence-electron chi connectivity index (χ4n) is 2.32. The second-order valence-corrected chi connectivity index (χ2v) is 7.72. The van der Waals surface area contributed by atoms with Gasteiger partial charge in [0.2, 0.25) is 0 Å². The molecule has 0 fully saturated rings. The first-order chi connectivity index (χ1) is 12.8. The molecule has 27 heavy (non-hydrogen) atoms. The summed E-state index contributed by atoms with van der Waals surface area (Å²) in [4.78, 5) is 12.1. The summed E-state index contributed by atoms with van der Waals surface area (Å²) in [5.41, 5.74) is 0.881. The highest BCUT2D eigenvalue weighted by molar-refractivity contribution is 7.92. The summed E-state index contributed by atoms with van der Waals surface area (Å²) >= 11 is 5.85. The molecule has 0 bridgehead atoms. The molecule has 3 aromatic carbocycles. The minimum absolute atomic E-state index is 0.0197. The molecule has 0 saturated carbocycles. The van der Waals surface area contributed by atoms with E-state index in [4.69, 9.17) is 11.6 Å². The Labute approximate surface area is 160 Å². The number of rotatable bonds is 5. The number of halogens is 2. The summed E-state index contributed by atoms with van der Waals surface area (Å²) in [7, 11) is -3.80. The number of carbonyl (C=O) groups is 1. The molecular formula is C19H14ClFN2O3S. The van der Waals surface area contributed by atoms with Gasteiger partial charge in [0.15, 0.2) is 0 Å². The van der Waals surface area contributed by atoms with Gasteiger partial charge in [-0.05, 0) is 60.7 Å². The molecule has 0 radical (unpaired) electrons. The Morgan fingerprint density at radius 1 is 0.889 bits per heavy atom. The Morgan fingerprint density at radius 2 is 1.59 bits per heavy atom. The van der Waals surface area contributed by atoms with Crippen molar-refractivity contribution in [1.29, 1.82) is 0 Å². The lowest BCUT2D eigenvalue weighted by atomic mass is 10.2. The van der Waals surface area contributed by atoms with Gasteiger partial charge in [0, 0.05) is 16.3 Å². The van der Waals surface area contributed by atoms with E-state index in [-0.39, 0.29) is 10.5 Å². The van der Waals surface area contributed by atoms with Gasteiger partial charge in [0.1, 0.15) is 5.82 Å². The van der Waals surface area contributed by atoms with Crippen molar-refractivity contribution in [3.8, 4) is 0 Å². The van der Waals surface area contributed by atoms with Crippen molar-refractivity contribution in [1.82, 2.24) is 0 Å². The first kappa shape index (κ1) is 18.9. The van der Waals surface area contributed by atoms with Gasteiger partial charge >= 0.3 is 0 Å². The van der Waals surface area contributed by atoms with E-state index in [0.717, 1.165) is 6.07 Å². The number of hydrogen-bond donors (Lipinski definition) is 2. The van der Waals surface area contributed by atoms with E-state index in [0.29, 0.717) is 16.4 Å². The monoisotopic (exact) mass is 404 g/mol. The molecule has 0 saturated heterocycles. The molecular weight excluding hydrogens is 391 g/mol. The minimum Gasteiger partial charge on any atom is -0.322 e. The van der Waals surface area contributed by atoms with Gasteiger partial charge in [-0.3, -0.25) is 9.52 Å². The Balaban J connectivity index is 1.73. The number of nitrogens with one attached hydrogen (secondary N) is 2. The van der Waals surface area contributed by atoms with Crippen molar-refractivity contribution in [2.75, 3.05) is 10.0 Å². The lowest BCUT2D eigenvalue weighted by molar-refractivity contribution is 0.102. The van der Waals surface area contributed by atoms with Gasteiger partial charge in [-0.25, -0.2) is 12.8 Å². The van der Waals surface area contributed by atoms with Crippen molar-refractivity contribution in [3.63, 3.8) is 0 Å². The molecule has 0 unspecified atom stereocenters. The summed E-state index contributed by atoms with van der Waals surface area (Å²) in [5, 5.41) is 2.99. The predicted molar refractivity (Wildman–Crippen MR) is 103 cm³/mol. The average Bonchev–Trinajstić information content (AvgIpc) is 2.62. The zero-order valence-corrected chi connectivity index (χ0v) is 15.4. The normalized spacial score (nSPS) is 11.0. The van der Waals surface area contributed by atoms with E-state index >= 15 is 0 Å². The van der Waals surface area contributed by atoms with Crippen LogP contribution in [0.2, 0.25) is 5.02 Å². The van der Waals surface area contributed by atoms with Crippen LogP contribution >= 0.6 is 11.6 Å². The molecule has 5 nitrogen and oxygen atoms in total. The van der Waals surface area contributed by atoms with E-state index in [1.54, 1.807) is 18.2 Å². The lowest BCUT2D eigenvalue weighted by Crippen LogP contribution is -2.14. The molecule has 0 aromatic heterocycles. The maximum absolute atomic E-state index is 13.2. The van der Waals surface area contributed by atoms with Crippen LogP contribution in [0.4, 0.5) is 15.8 Å². The second-order valence-electron chi connectivity index (χ2n) is 5.60. The van der Waals surface area contributed by atoms with Crippen LogP contribution in [0.5, 0.6) is 0 Å². The molecule has 2 N–H and O–H groups in total. The number of anilines is 2. The maximum Gasteiger partial charge on any atom is 0.261 e. The fourth-order valence-corrected chi connectivity index (χ4v) is 3.56. The Bertz CT molecular complexity index is 1090. The van der Waals surface area contributed by atoms with Gasteiger partial charge in [-0.15, -0.1) is 0 Å². The zero-order chi connectivity index (χ0) is 19.4. The molecule has 0 atom stereocenters. The van der Waals surface area contributed by atoms with E-state index < -0.39 is 21.7 Å². The van der Waals surface area contributed by atoms with Crippen LogP contribution in [-0.4, -0.2) is 14.3 Å². The Morgan fingerprint density at radius 3 is 2.26 bits per heavy atom. The fraction of sp³-hybridized carbons (Fsp3) is 0. The second kappa shape index (κ2) is 7.77. The molecule has 0 heterocycles. The van der Waals surface area contributed by atoms with Gasteiger partial charge in [-0.1, -0.05) is 23.7 Å². The van der Waals surface area contributed by atoms with Crippen LogP contribution in [0, 0.1) is 5.82 Å². The largest absolute Gasteiger partial charge is 0.322 e. The zero-order valence-electron chi connectivity index (χ0n) is 13.8. The highest BCUT2D eigenvalue weighted by Gasteiger charge is 2.15. The summed E-state index contributed by atoms with van der Waals surface area (Å²) in [6.07, 6.45) is 0. The lowest BCUT2D eigenvalue weighted by Gasteiger charge is -2.10. The number of hydrogen-bond acceptors (Lipinski definition) is 3. The molecule has 0 aliphatic rings. The van der Waals surface area contributed by atoms with Crippen molar-refractivity contribution in [2.45, 2.75) is 4.90 Å². The molecule has 8 heteroatoms. The smallest absolute Gasteiger partial charge is 0.261 e. The molecule has 3 aromatic rings. The third kappa shape index (κ3) is 4.84. The average molecular weight is 405 g/mol. The number of benzene rings is 3. The quantitative estimate of drug-likeness (QED) is 0.655. The van der Waals surface area contributed by atoms with Crippen LogP contribution in [0.15, 0.2) is 77.7 Å². The van der Waals surface area contributed by atoms with Gasteiger partial charge in [0.25, 0.3) is 15.9 Å². The standard InChI is InChI=1S/C19H14ClFN2O3S/c20-14-4-2-6-17(12-14)23-27(25,26)18-9-7-16(8-10-18)22-19(24)13-3-1-5-15(21)11-13/h1-12,23H,(H,22,24). The van der Waals surface area contributed by atoms with E-state index in [9.17, 15) is 17.6 Å². The third-order valence-corrected chi connectivity index (χ3v) is 5.22. The van der Waals surface area contributed by atoms with Crippen molar-refractivity contribution < 1.29 is 17.6 Å². The predicted octanol–water partition coefficient (Wildman–Crippen LogP) is 4.53. The van der Waals surface area contributed by atoms with Gasteiger partial charge < -0.3 is 5.32 Å². The van der Waals surface area contributed by atoms with Crippen LogP contribution in [0.25, 0.3) is 0 Å². The third-order valence-electron chi connectivity index (χ3n) is 3.59. The Hall–Kier alpha value is -2.90. The summed E-state index contributed by atoms with van der Waals surface area (Å²) in [6, 6.07) is 17.2. The SMILES string of the molecule is O=C(Nc1ccc(S(=O)(=O)Nc2cccc(Cl)c2)cc1)c1cccc(F)c1. The van der Waals surface area contributed by atoms with Crippen molar-refractivity contribution in [2.24, 2.45) is 0 Å². The topological polar surface area (TPSA) is 75.3 Å².